The SMILES string of the molecule is CCC1NC(=O)C(C)(C)N(CCc2nccn2C)C1=O. The van der Waals surface area contributed by atoms with Crippen LogP contribution in [0.25, 0.3) is 0 Å². The van der Waals surface area contributed by atoms with Gasteiger partial charge in [-0.25, -0.2) is 4.98 Å². The number of nitrogens with zero attached hydrogens (tertiary/aromatic N) is 3. The number of amides is 2. The summed E-state index contributed by atoms with van der Waals surface area (Å²) in [6.45, 7) is 5.97. The summed E-state index contributed by atoms with van der Waals surface area (Å²) in [4.78, 5) is 30.5. The highest BCUT2D eigenvalue weighted by Crippen LogP contribution is 2.22. The van der Waals surface area contributed by atoms with E-state index in [-0.39, 0.29) is 11.8 Å². The molecule has 2 heterocycles. The summed E-state index contributed by atoms with van der Waals surface area (Å²) in [5, 5.41) is 2.79. The molecule has 1 saturated heterocycles. The Morgan fingerprint density at radius 1 is 1.40 bits per heavy atom. The van der Waals surface area contributed by atoms with E-state index >= 15 is 0 Å². The quantitative estimate of drug-likeness (QED) is 0.871. The zero-order chi connectivity index (χ0) is 14.9. The Morgan fingerprint density at radius 2 is 2.10 bits per heavy atom. The van der Waals surface area contributed by atoms with Crippen molar-refractivity contribution in [3.05, 3.63) is 18.2 Å². The summed E-state index contributed by atoms with van der Waals surface area (Å²) in [6, 6.07) is -0.406. The Kier molecular flexibility index (Phi) is 3.83. The molecule has 0 aromatic carbocycles. The van der Waals surface area contributed by atoms with Crippen LogP contribution in [0.1, 0.15) is 33.0 Å². The van der Waals surface area contributed by atoms with Gasteiger partial charge < -0.3 is 14.8 Å². The van der Waals surface area contributed by atoms with Gasteiger partial charge in [-0.15, -0.1) is 0 Å². The highest BCUT2D eigenvalue weighted by Gasteiger charge is 2.45. The number of hydrogen-bond donors (Lipinski definition) is 1. The standard InChI is InChI=1S/C14H22N4O2/c1-5-10-12(19)18(14(2,3)13(20)16-10)8-6-11-15-7-9-17(11)4/h7,9-10H,5-6,8H2,1-4H3,(H,16,20). The Bertz CT molecular complexity index is 521. The summed E-state index contributed by atoms with van der Waals surface area (Å²) in [7, 11) is 1.92. The molecule has 0 radical (unpaired) electrons. The minimum Gasteiger partial charge on any atom is -0.342 e. The van der Waals surface area contributed by atoms with Crippen LogP contribution in [0.2, 0.25) is 0 Å². The number of nitrogens with one attached hydrogen (secondary N) is 1. The molecule has 6 nitrogen and oxygen atoms in total. The lowest BCUT2D eigenvalue weighted by Gasteiger charge is -2.44. The molecular weight excluding hydrogens is 256 g/mol. The molecule has 1 atom stereocenters. The first-order valence-corrected chi connectivity index (χ1v) is 6.96. The van der Waals surface area contributed by atoms with Gasteiger partial charge in [0.05, 0.1) is 0 Å². The van der Waals surface area contributed by atoms with Crippen molar-refractivity contribution in [3.8, 4) is 0 Å². The lowest BCUT2D eigenvalue weighted by atomic mass is 9.94. The van der Waals surface area contributed by atoms with Crippen molar-refractivity contribution >= 4 is 11.8 Å². The van der Waals surface area contributed by atoms with Gasteiger partial charge in [0.2, 0.25) is 11.8 Å². The molecule has 1 unspecified atom stereocenters. The number of imidazole rings is 1. The first-order chi connectivity index (χ1) is 9.37. The van der Waals surface area contributed by atoms with Crippen molar-refractivity contribution in [2.45, 2.75) is 45.2 Å². The minimum atomic E-state index is -0.812. The molecule has 0 saturated carbocycles. The maximum atomic E-state index is 12.4. The fraction of sp³-hybridized carbons (Fsp3) is 0.643. The minimum absolute atomic E-state index is 0.00805. The van der Waals surface area contributed by atoms with Gasteiger partial charge in [-0.3, -0.25) is 9.59 Å². The zero-order valence-corrected chi connectivity index (χ0v) is 12.5. The monoisotopic (exact) mass is 278 g/mol. The number of rotatable bonds is 4. The number of carbonyl (C=O) groups excluding carboxylic acids is 2. The average Bonchev–Trinajstić information content (AvgIpc) is 2.79. The Hall–Kier alpha value is -1.85. The first kappa shape index (κ1) is 14.6. The van der Waals surface area contributed by atoms with Gasteiger partial charge in [-0.2, -0.15) is 0 Å². The lowest BCUT2D eigenvalue weighted by Crippen LogP contribution is -2.68. The molecule has 2 amide bonds. The molecule has 1 N–H and O–H groups in total. The van der Waals surface area contributed by atoms with Crippen LogP contribution in [0.4, 0.5) is 0 Å². The Morgan fingerprint density at radius 3 is 2.65 bits per heavy atom. The van der Waals surface area contributed by atoms with Gasteiger partial charge in [-0.05, 0) is 20.3 Å². The van der Waals surface area contributed by atoms with Crippen LogP contribution in [0.5, 0.6) is 0 Å². The largest absolute Gasteiger partial charge is 0.342 e. The maximum Gasteiger partial charge on any atom is 0.246 e. The smallest absolute Gasteiger partial charge is 0.246 e. The number of aryl methyl sites for hydroxylation is 1. The number of carbonyl (C=O) groups is 2. The van der Waals surface area contributed by atoms with Crippen LogP contribution in [-0.2, 0) is 23.1 Å². The molecule has 0 aliphatic carbocycles. The van der Waals surface area contributed by atoms with E-state index in [0.717, 1.165) is 5.82 Å². The van der Waals surface area contributed by atoms with E-state index in [4.69, 9.17) is 0 Å². The van der Waals surface area contributed by atoms with Crippen LogP contribution in [0, 0.1) is 0 Å². The van der Waals surface area contributed by atoms with Crippen molar-refractivity contribution in [3.63, 3.8) is 0 Å². The van der Waals surface area contributed by atoms with E-state index in [0.29, 0.717) is 19.4 Å². The van der Waals surface area contributed by atoms with Crippen LogP contribution in [0.3, 0.4) is 0 Å². The third-order valence-electron chi connectivity index (χ3n) is 3.99. The van der Waals surface area contributed by atoms with Crippen molar-refractivity contribution in [2.75, 3.05) is 6.54 Å². The van der Waals surface area contributed by atoms with Crippen LogP contribution >= 0.6 is 0 Å². The third-order valence-corrected chi connectivity index (χ3v) is 3.99. The summed E-state index contributed by atoms with van der Waals surface area (Å²) in [5.41, 5.74) is -0.812. The maximum absolute atomic E-state index is 12.4. The molecule has 1 aliphatic heterocycles. The third kappa shape index (κ3) is 2.42. The summed E-state index contributed by atoms with van der Waals surface area (Å²) in [5.74, 6) is 0.808. The predicted octanol–water partition coefficient (Wildman–Crippen LogP) is 0.478. The van der Waals surface area contributed by atoms with Crippen LogP contribution in [-0.4, -0.2) is 44.4 Å². The normalized spacial score (nSPS) is 22.0. The molecule has 20 heavy (non-hydrogen) atoms. The van der Waals surface area contributed by atoms with Crippen LogP contribution in [0.15, 0.2) is 12.4 Å². The fourth-order valence-corrected chi connectivity index (χ4v) is 2.50. The average molecular weight is 278 g/mol. The molecule has 1 fully saturated rings. The van der Waals surface area contributed by atoms with Gasteiger partial charge in [0, 0.05) is 32.4 Å². The molecule has 1 aliphatic rings. The topological polar surface area (TPSA) is 67.2 Å². The van der Waals surface area contributed by atoms with E-state index in [2.05, 4.69) is 10.3 Å². The molecule has 1 aromatic heterocycles. The number of piperazine rings is 1. The van der Waals surface area contributed by atoms with E-state index in [1.807, 2.05) is 24.7 Å². The lowest BCUT2D eigenvalue weighted by molar-refractivity contribution is -0.155. The van der Waals surface area contributed by atoms with Gasteiger partial charge in [-0.1, -0.05) is 6.92 Å². The Labute approximate surface area is 119 Å². The van der Waals surface area contributed by atoms with E-state index < -0.39 is 11.6 Å². The van der Waals surface area contributed by atoms with Crippen molar-refractivity contribution in [1.29, 1.82) is 0 Å². The summed E-state index contributed by atoms with van der Waals surface area (Å²) in [6.07, 6.45) is 4.86. The molecule has 6 heteroatoms. The van der Waals surface area contributed by atoms with E-state index in [1.54, 1.807) is 24.9 Å². The fourth-order valence-electron chi connectivity index (χ4n) is 2.50. The highest BCUT2D eigenvalue weighted by atomic mass is 16.2. The number of hydrogen-bond acceptors (Lipinski definition) is 3. The van der Waals surface area contributed by atoms with Crippen molar-refractivity contribution < 1.29 is 9.59 Å². The number of aromatic nitrogens is 2. The second-order valence-electron chi connectivity index (χ2n) is 5.69. The molecule has 0 bridgehead atoms. The van der Waals surface area contributed by atoms with Gasteiger partial charge >= 0.3 is 0 Å². The second kappa shape index (κ2) is 5.26. The molecule has 0 spiro atoms. The second-order valence-corrected chi connectivity index (χ2v) is 5.69. The summed E-state index contributed by atoms with van der Waals surface area (Å²) < 4.78 is 1.93. The first-order valence-electron chi connectivity index (χ1n) is 6.96. The predicted molar refractivity (Wildman–Crippen MR) is 74.9 cm³/mol. The van der Waals surface area contributed by atoms with Crippen molar-refractivity contribution in [2.24, 2.45) is 7.05 Å². The van der Waals surface area contributed by atoms with Gasteiger partial charge in [0.15, 0.2) is 0 Å². The van der Waals surface area contributed by atoms with Gasteiger partial charge in [0.25, 0.3) is 0 Å². The van der Waals surface area contributed by atoms with E-state index in [1.165, 1.54) is 0 Å². The van der Waals surface area contributed by atoms with Crippen molar-refractivity contribution in [1.82, 2.24) is 19.8 Å². The van der Waals surface area contributed by atoms with Gasteiger partial charge in [0.1, 0.15) is 17.4 Å². The van der Waals surface area contributed by atoms with Crippen LogP contribution < -0.4 is 5.32 Å². The molecular formula is C14H22N4O2. The van der Waals surface area contributed by atoms with E-state index in [9.17, 15) is 9.59 Å². The zero-order valence-electron chi connectivity index (χ0n) is 12.5. The molecule has 110 valence electrons. The molecule has 1 aromatic rings. The molecule has 2 rings (SSSR count). The summed E-state index contributed by atoms with van der Waals surface area (Å²) >= 11 is 0. The Balaban J connectivity index is 2.15. The highest BCUT2D eigenvalue weighted by molar-refractivity contribution is 5.99.